The van der Waals surface area contributed by atoms with Crippen LogP contribution in [0, 0.1) is 17.8 Å². The Kier molecular flexibility index (Phi) is 55.9. The average molecular weight is 1020 g/mol. The zero-order valence-corrected chi connectivity index (χ0v) is 49.7. The number of ether oxygens (including phenoxy) is 3. The predicted molar refractivity (Wildman–Crippen MR) is 312 cm³/mol. The molecule has 0 bridgehead atoms. The van der Waals surface area contributed by atoms with Gasteiger partial charge >= 0.3 is 17.9 Å². The minimum atomic E-state index is -0.765. The van der Waals surface area contributed by atoms with Crippen molar-refractivity contribution in [3.05, 3.63) is 0 Å². The highest BCUT2D eigenvalue weighted by Gasteiger charge is 2.19. The lowest BCUT2D eigenvalue weighted by molar-refractivity contribution is -0.167. The first kappa shape index (κ1) is 70.4. The fourth-order valence-electron chi connectivity index (χ4n) is 10.2. The molecule has 0 aliphatic carbocycles. The molecule has 0 amide bonds. The molecule has 0 aromatic carbocycles. The zero-order valence-electron chi connectivity index (χ0n) is 49.7. The highest BCUT2D eigenvalue weighted by Crippen LogP contribution is 2.19. The normalized spacial score (nSPS) is 12.1. The van der Waals surface area contributed by atoms with Gasteiger partial charge in [-0.25, -0.2) is 0 Å². The van der Waals surface area contributed by atoms with Gasteiger partial charge in [0.25, 0.3) is 0 Å². The van der Waals surface area contributed by atoms with Crippen molar-refractivity contribution in [2.45, 2.75) is 375 Å². The van der Waals surface area contributed by atoms with E-state index in [1.54, 1.807) is 0 Å². The molecule has 6 nitrogen and oxygen atoms in total. The Morgan fingerprint density at radius 2 is 0.403 bits per heavy atom. The molecule has 72 heavy (non-hydrogen) atoms. The van der Waals surface area contributed by atoms with Crippen molar-refractivity contribution < 1.29 is 28.6 Å². The first-order chi connectivity index (χ1) is 35.1. The van der Waals surface area contributed by atoms with E-state index in [0.717, 1.165) is 75.5 Å². The van der Waals surface area contributed by atoms with Crippen molar-refractivity contribution in [2.75, 3.05) is 13.2 Å². The SMILES string of the molecule is CC(C)CCCCCCCCCCCCCCCCCCC(=O)OC[C@H](COC(=O)CCCCCCCCCCCCCCCCCC(C)C)OC(=O)CCCCCCCCCCCCCCCCC(C)C. The second kappa shape index (κ2) is 57.1. The maximum absolute atomic E-state index is 12.9. The Hall–Kier alpha value is -1.59. The summed E-state index contributed by atoms with van der Waals surface area (Å²) in [6, 6.07) is 0. The monoisotopic (exact) mass is 1020 g/mol. The van der Waals surface area contributed by atoms with E-state index < -0.39 is 6.10 Å². The van der Waals surface area contributed by atoms with Crippen LogP contribution in [0.15, 0.2) is 0 Å². The van der Waals surface area contributed by atoms with E-state index in [0.29, 0.717) is 19.3 Å². The number of rotatable bonds is 59. The number of hydrogen-bond acceptors (Lipinski definition) is 6. The van der Waals surface area contributed by atoms with E-state index in [2.05, 4.69) is 41.5 Å². The summed E-state index contributed by atoms with van der Waals surface area (Å²) in [5, 5.41) is 0. The summed E-state index contributed by atoms with van der Waals surface area (Å²) >= 11 is 0. The lowest BCUT2D eigenvalue weighted by Gasteiger charge is -2.18. The molecule has 0 aromatic heterocycles. The molecule has 0 unspecified atom stereocenters. The number of hydrogen-bond donors (Lipinski definition) is 0. The third-order valence-electron chi connectivity index (χ3n) is 15.1. The van der Waals surface area contributed by atoms with Crippen molar-refractivity contribution in [2.24, 2.45) is 17.8 Å². The highest BCUT2D eigenvalue weighted by atomic mass is 16.6. The third kappa shape index (κ3) is 59.3. The summed E-state index contributed by atoms with van der Waals surface area (Å²) in [7, 11) is 0. The van der Waals surface area contributed by atoms with Crippen LogP contribution in [0.1, 0.15) is 369 Å². The van der Waals surface area contributed by atoms with Gasteiger partial charge in [-0.15, -0.1) is 0 Å². The van der Waals surface area contributed by atoms with Crippen molar-refractivity contribution in [1.29, 1.82) is 0 Å². The van der Waals surface area contributed by atoms with Gasteiger partial charge in [0.2, 0.25) is 0 Å². The van der Waals surface area contributed by atoms with Crippen LogP contribution in [-0.2, 0) is 28.6 Å². The van der Waals surface area contributed by atoms with Gasteiger partial charge in [-0.3, -0.25) is 14.4 Å². The lowest BCUT2D eigenvalue weighted by atomic mass is 10.0. The van der Waals surface area contributed by atoms with Crippen LogP contribution in [0.5, 0.6) is 0 Å². The van der Waals surface area contributed by atoms with Gasteiger partial charge in [0.15, 0.2) is 6.10 Å². The molecule has 0 rings (SSSR count). The van der Waals surface area contributed by atoms with E-state index in [1.807, 2.05) is 0 Å². The van der Waals surface area contributed by atoms with Crippen LogP contribution in [0.25, 0.3) is 0 Å². The Morgan fingerprint density at radius 1 is 0.236 bits per heavy atom. The largest absolute Gasteiger partial charge is 0.462 e. The molecule has 0 radical (unpaired) electrons. The molecule has 0 fully saturated rings. The van der Waals surface area contributed by atoms with Crippen LogP contribution >= 0.6 is 0 Å². The molecule has 6 heteroatoms. The predicted octanol–water partition coefficient (Wildman–Crippen LogP) is 21.8. The van der Waals surface area contributed by atoms with Crippen LogP contribution < -0.4 is 0 Å². The molecule has 0 saturated carbocycles. The first-order valence-electron chi connectivity index (χ1n) is 32.6. The van der Waals surface area contributed by atoms with Crippen molar-refractivity contribution >= 4 is 17.9 Å². The van der Waals surface area contributed by atoms with E-state index in [4.69, 9.17) is 14.2 Å². The Balaban J connectivity index is 4.29. The summed E-state index contributed by atoms with van der Waals surface area (Å²) in [6.45, 7) is 13.8. The topological polar surface area (TPSA) is 78.9 Å². The quantitative estimate of drug-likeness (QED) is 0.0343. The summed E-state index contributed by atoms with van der Waals surface area (Å²) in [4.78, 5) is 38.4. The Labute approximate surface area is 450 Å². The van der Waals surface area contributed by atoms with E-state index in [9.17, 15) is 14.4 Å². The molecule has 0 heterocycles. The van der Waals surface area contributed by atoms with Gasteiger partial charge < -0.3 is 14.2 Å². The Morgan fingerprint density at radius 3 is 0.597 bits per heavy atom. The van der Waals surface area contributed by atoms with Gasteiger partial charge in [0, 0.05) is 19.3 Å². The standard InChI is InChI=1S/C66H128O6/c1-60(2)52-46-40-34-28-22-16-10-7-8-12-19-25-31-37-43-49-55-64(67)70-58-63(72-66(69)57-51-45-39-33-27-21-15-14-18-24-30-36-42-48-54-62(5)6)59-71-65(68)56-50-44-38-32-26-20-13-9-11-17-23-29-35-41-47-53-61(3)4/h60-63H,7-59H2,1-6H3/t63-/m1/s1. The lowest BCUT2D eigenvalue weighted by Crippen LogP contribution is -2.30. The van der Waals surface area contributed by atoms with Crippen molar-refractivity contribution in [1.82, 2.24) is 0 Å². The van der Waals surface area contributed by atoms with Crippen molar-refractivity contribution in [3.8, 4) is 0 Å². The molecule has 1 atom stereocenters. The van der Waals surface area contributed by atoms with Crippen LogP contribution in [0.3, 0.4) is 0 Å². The molecule has 0 N–H and O–H groups in total. The molecule has 0 saturated heterocycles. The number of carbonyl (C=O) groups excluding carboxylic acids is 3. The summed E-state index contributed by atoms with van der Waals surface area (Å²) < 4.78 is 17.0. The zero-order chi connectivity index (χ0) is 52.6. The van der Waals surface area contributed by atoms with Crippen LogP contribution in [0.2, 0.25) is 0 Å². The third-order valence-corrected chi connectivity index (χ3v) is 15.1. The van der Waals surface area contributed by atoms with Gasteiger partial charge in [0.05, 0.1) is 0 Å². The summed E-state index contributed by atoms with van der Waals surface area (Å²) in [5.74, 6) is 1.71. The second-order valence-electron chi connectivity index (χ2n) is 24.2. The summed E-state index contributed by atoms with van der Waals surface area (Å²) in [5.41, 5.74) is 0. The molecule has 0 aliphatic heterocycles. The fourth-order valence-corrected chi connectivity index (χ4v) is 10.2. The maximum Gasteiger partial charge on any atom is 0.306 e. The number of unbranched alkanes of at least 4 members (excludes halogenated alkanes) is 42. The molecule has 0 spiro atoms. The van der Waals surface area contributed by atoms with Gasteiger partial charge in [-0.2, -0.15) is 0 Å². The fraction of sp³-hybridized carbons (Fsp3) is 0.955. The van der Waals surface area contributed by atoms with Gasteiger partial charge in [-0.1, -0.05) is 330 Å². The van der Waals surface area contributed by atoms with E-state index in [-0.39, 0.29) is 31.1 Å². The van der Waals surface area contributed by atoms with Crippen molar-refractivity contribution in [3.63, 3.8) is 0 Å². The molecular formula is C66H128O6. The van der Waals surface area contributed by atoms with Gasteiger partial charge in [-0.05, 0) is 37.0 Å². The minimum Gasteiger partial charge on any atom is -0.462 e. The molecule has 0 aromatic rings. The molecular weight excluding hydrogens is 889 g/mol. The summed E-state index contributed by atoms with van der Waals surface area (Å²) in [6.07, 6.45) is 62.5. The number of carbonyl (C=O) groups is 3. The Bertz CT molecular complexity index is 1120. The average Bonchev–Trinajstić information content (AvgIpc) is 3.34. The minimum absolute atomic E-state index is 0.0623. The molecule has 428 valence electrons. The second-order valence-corrected chi connectivity index (χ2v) is 24.2. The maximum atomic E-state index is 12.9. The van der Waals surface area contributed by atoms with Gasteiger partial charge in [0.1, 0.15) is 13.2 Å². The first-order valence-corrected chi connectivity index (χ1v) is 32.6. The number of esters is 3. The van der Waals surface area contributed by atoms with Crippen LogP contribution in [0.4, 0.5) is 0 Å². The van der Waals surface area contributed by atoms with E-state index >= 15 is 0 Å². The smallest absolute Gasteiger partial charge is 0.306 e. The molecule has 0 aliphatic rings. The highest BCUT2D eigenvalue weighted by molar-refractivity contribution is 5.71. The van der Waals surface area contributed by atoms with E-state index in [1.165, 1.54) is 250 Å². The van der Waals surface area contributed by atoms with Crippen LogP contribution in [-0.4, -0.2) is 37.2 Å².